The third kappa shape index (κ3) is 3.45. The molecule has 3 rings (SSSR count). The van der Waals surface area contributed by atoms with E-state index in [2.05, 4.69) is 4.72 Å². The molecule has 0 aliphatic rings. The van der Waals surface area contributed by atoms with Crippen LogP contribution >= 0.6 is 57.5 Å². The van der Waals surface area contributed by atoms with Gasteiger partial charge in [0, 0.05) is 5.02 Å². The number of thiophene rings is 2. The van der Waals surface area contributed by atoms with Crippen LogP contribution in [0.4, 0.5) is 5.69 Å². The second kappa shape index (κ2) is 6.86. The molecule has 0 atom stereocenters. The van der Waals surface area contributed by atoms with Crippen molar-refractivity contribution in [2.45, 2.75) is 11.8 Å². The van der Waals surface area contributed by atoms with Crippen molar-refractivity contribution in [2.24, 2.45) is 0 Å². The zero-order valence-corrected chi connectivity index (χ0v) is 16.9. The lowest BCUT2D eigenvalue weighted by Crippen LogP contribution is -2.15. The van der Waals surface area contributed by atoms with Crippen molar-refractivity contribution >= 4 is 73.2 Å². The first-order chi connectivity index (χ1) is 11.3. The molecule has 0 aliphatic heterocycles. The summed E-state index contributed by atoms with van der Waals surface area (Å²) in [5, 5.41) is 4.72. The number of rotatable bonds is 4. The number of aryl methyl sites for hydroxylation is 1. The molecule has 3 aromatic rings. The fourth-order valence-electron chi connectivity index (χ4n) is 2.25. The van der Waals surface area contributed by atoms with Gasteiger partial charge in [0.1, 0.15) is 4.90 Å². The van der Waals surface area contributed by atoms with Crippen LogP contribution in [0.25, 0.3) is 9.75 Å². The Bertz CT molecular complexity index is 986. The van der Waals surface area contributed by atoms with E-state index in [-0.39, 0.29) is 9.92 Å². The molecular weight excluding hydrogens is 429 g/mol. The molecule has 0 fully saturated rings. The molecule has 2 aromatic heterocycles. The number of nitrogens with one attached hydrogen (secondary N) is 1. The number of halogens is 3. The van der Waals surface area contributed by atoms with E-state index in [9.17, 15) is 8.42 Å². The zero-order chi connectivity index (χ0) is 17.5. The van der Waals surface area contributed by atoms with Gasteiger partial charge in [-0.05, 0) is 47.5 Å². The smallest absolute Gasteiger partial charge is 0.263 e. The molecule has 0 saturated heterocycles. The van der Waals surface area contributed by atoms with Crippen LogP contribution in [-0.4, -0.2) is 8.42 Å². The predicted molar refractivity (Wildman–Crippen MR) is 105 cm³/mol. The molecule has 0 bridgehead atoms. The van der Waals surface area contributed by atoms with Gasteiger partial charge in [0.15, 0.2) is 0 Å². The lowest BCUT2D eigenvalue weighted by Gasteiger charge is -2.12. The maximum absolute atomic E-state index is 12.8. The van der Waals surface area contributed by atoms with E-state index in [4.69, 9.17) is 34.8 Å². The summed E-state index contributed by atoms with van der Waals surface area (Å²) in [5.74, 6) is 0. The van der Waals surface area contributed by atoms with Crippen molar-refractivity contribution in [1.29, 1.82) is 0 Å². The normalized spacial score (nSPS) is 11.7. The maximum atomic E-state index is 12.8. The molecule has 0 aliphatic carbocycles. The van der Waals surface area contributed by atoms with E-state index in [1.54, 1.807) is 30.5 Å². The highest BCUT2D eigenvalue weighted by Crippen LogP contribution is 2.42. The quantitative estimate of drug-likeness (QED) is 0.502. The summed E-state index contributed by atoms with van der Waals surface area (Å²) in [6, 6.07) is 6.45. The van der Waals surface area contributed by atoms with Gasteiger partial charge in [0.2, 0.25) is 0 Å². The van der Waals surface area contributed by atoms with Crippen molar-refractivity contribution < 1.29 is 8.42 Å². The molecule has 3 nitrogen and oxygen atoms in total. The number of benzene rings is 1. The van der Waals surface area contributed by atoms with Gasteiger partial charge in [0.25, 0.3) is 10.0 Å². The van der Waals surface area contributed by atoms with Crippen molar-refractivity contribution in [1.82, 2.24) is 0 Å². The third-order valence-electron chi connectivity index (χ3n) is 3.20. The predicted octanol–water partition coefficient (Wildman–Crippen LogP) is 6.55. The van der Waals surface area contributed by atoms with Gasteiger partial charge in [0.05, 0.1) is 25.5 Å². The van der Waals surface area contributed by atoms with Crippen LogP contribution in [0.3, 0.4) is 0 Å². The van der Waals surface area contributed by atoms with Gasteiger partial charge in [-0.25, -0.2) is 8.42 Å². The second-order valence-electron chi connectivity index (χ2n) is 4.90. The molecule has 1 aromatic carbocycles. The summed E-state index contributed by atoms with van der Waals surface area (Å²) >= 11 is 21.0. The molecule has 24 heavy (non-hydrogen) atoms. The van der Waals surface area contributed by atoms with E-state index < -0.39 is 10.0 Å². The summed E-state index contributed by atoms with van der Waals surface area (Å²) in [5.41, 5.74) is 0.945. The number of hydrogen-bond donors (Lipinski definition) is 1. The molecule has 0 amide bonds. The van der Waals surface area contributed by atoms with Crippen LogP contribution in [0.5, 0.6) is 0 Å². The lowest BCUT2D eigenvalue weighted by molar-refractivity contribution is 0.600. The van der Waals surface area contributed by atoms with Crippen LogP contribution in [0.15, 0.2) is 39.9 Å². The fraction of sp³-hybridized carbons (Fsp3) is 0.0667. The van der Waals surface area contributed by atoms with E-state index in [1.165, 1.54) is 28.7 Å². The van der Waals surface area contributed by atoms with Crippen LogP contribution in [0.1, 0.15) is 5.56 Å². The van der Waals surface area contributed by atoms with Gasteiger partial charge in [-0.15, -0.1) is 22.7 Å². The molecule has 0 radical (unpaired) electrons. The highest BCUT2D eigenvalue weighted by atomic mass is 35.5. The highest BCUT2D eigenvalue weighted by molar-refractivity contribution is 7.93. The van der Waals surface area contributed by atoms with Crippen molar-refractivity contribution in [3.05, 3.63) is 55.7 Å². The standard InChI is InChI=1S/C15H10Cl3NO2S3/c1-8-6-9(16)7-11(18)15(8)24(20,21)19-12-3-5-23-14(12)13-10(17)2-4-22-13/h2-7,19H,1H3. The third-order valence-corrected chi connectivity index (χ3v) is 7.81. The summed E-state index contributed by atoms with van der Waals surface area (Å²) in [4.78, 5) is 1.60. The second-order valence-corrected chi connectivity index (χ2v) is 9.60. The summed E-state index contributed by atoms with van der Waals surface area (Å²) < 4.78 is 28.2. The highest BCUT2D eigenvalue weighted by Gasteiger charge is 2.23. The lowest BCUT2D eigenvalue weighted by atomic mass is 10.2. The molecule has 1 N–H and O–H groups in total. The Hall–Kier alpha value is -0.760. The molecule has 9 heteroatoms. The minimum Gasteiger partial charge on any atom is -0.278 e. The molecule has 126 valence electrons. The number of sulfonamides is 1. The first kappa shape index (κ1) is 18.0. The van der Waals surface area contributed by atoms with Crippen LogP contribution in [-0.2, 0) is 10.0 Å². The average molecular weight is 439 g/mol. The Morgan fingerprint density at radius 2 is 1.62 bits per heavy atom. The fourth-order valence-corrected chi connectivity index (χ4v) is 6.82. The first-order valence-corrected chi connectivity index (χ1v) is 11.0. The molecule has 2 heterocycles. The summed E-state index contributed by atoms with van der Waals surface area (Å²) in [7, 11) is -3.86. The molecule has 0 saturated carbocycles. The van der Waals surface area contributed by atoms with Crippen LogP contribution < -0.4 is 4.72 Å². The first-order valence-electron chi connectivity index (χ1n) is 6.59. The Kier molecular flexibility index (Phi) is 5.16. The minimum atomic E-state index is -3.86. The SMILES string of the molecule is Cc1cc(Cl)cc(Cl)c1S(=O)(=O)Nc1ccsc1-c1sccc1Cl. The van der Waals surface area contributed by atoms with Gasteiger partial charge >= 0.3 is 0 Å². The van der Waals surface area contributed by atoms with Crippen LogP contribution in [0.2, 0.25) is 15.1 Å². The van der Waals surface area contributed by atoms with Gasteiger partial charge in [-0.2, -0.15) is 0 Å². The van der Waals surface area contributed by atoms with E-state index in [1.807, 2.05) is 5.38 Å². The number of anilines is 1. The minimum absolute atomic E-state index is 0.0167. The molecular formula is C15H10Cl3NO2S3. The molecule has 0 unspecified atom stereocenters. The monoisotopic (exact) mass is 437 g/mol. The summed E-state index contributed by atoms with van der Waals surface area (Å²) in [6.45, 7) is 1.65. The van der Waals surface area contributed by atoms with Crippen LogP contribution in [0, 0.1) is 6.92 Å². The Morgan fingerprint density at radius 1 is 0.958 bits per heavy atom. The average Bonchev–Trinajstić information content (AvgIpc) is 3.05. The van der Waals surface area contributed by atoms with Crippen molar-refractivity contribution in [3.63, 3.8) is 0 Å². The molecule has 0 spiro atoms. The topological polar surface area (TPSA) is 46.2 Å². The Labute approximate surface area is 162 Å². The Morgan fingerprint density at radius 3 is 2.25 bits per heavy atom. The summed E-state index contributed by atoms with van der Waals surface area (Å²) in [6.07, 6.45) is 0. The number of hydrogen-bond acceptors (Lipinski definition) is 4. The largest absolute Gasteiger partial charge is 0.278 e. The van der Waals surface area contributed by atoms with E-state index in [0.29, 0.717) is 21.3 Å². The van der Waals surface area contributed by atoms with Crippen molar-refractivity contribution in [2.75, 3.05) is 4.72 Å². The van der Waals surface area contributed by atoms with E-state index in [0.717, 1.165) is 9.75 Å². The van der Waals surface area contributed by atoms with Crippen molar-refractivity contribution in [3.8, 4) is 9.75 Å². The van der Waals surface area contributed by atoms with Gasteiger partial charge in [-0.3, -0.25) is 4.72 Å². The van der Waals surface area contributed by atoms with Gasteiger partial charge in [-0.1, -0.05) is 34.8 Å². The zero-order valence-electron chi connectivity index (χ0n) is 12.1. The van der Waals surface area contributed by atoms with Gasteiger partial charge < -0.3 is 0 Å². The van der Waals surface area contributed by atoms with E-state index >= 15 is 0 Å². The Balaban J connectivity index is 2.04. The maximum Gasteiger partial charge on any atom is 0.263 e.